The van der Waals surface area contributed by atoms with Crippen molar-refractivity contribution in [3.05, 3.63) is 189 Å². The molecule has 0 aliphatic carbocycles. The molecule has 6 aromatic rings. The molecule has 0 bridgehead atoms. The summed E-state index contributed by atoms with van der Waals surface area (Å²) < 4.78 is 120. The summed E-state index contributed by atoms with van der Waals surface area (Å²) in [5, 5.41) is 8.90. The van der Waals surface area contributed by atoms with E-state index in [2.05, 4.69) is 34.8 Å². The second-order valence-electron chi connectivity index (χ2n) is 28.7. The predicted octanol–water partition coefficient (Wildman–Crippen LogP) is 12.1. The first-order valence-corrected chi connectivity index (χ1v) is 44.4. The van der Waals surface area contributed by atoms with Crippen molar-refractivity contribution in [1.29, 1.82) is 0 Å². The normalized spacial score (nSPS) is 16.8. The number of fused-ring (bicyclic) bond motifs is 3. The summed E-state index contributed by atoms with van der Waals surface area (Å²) in [6, 6.07) is 31.5. The van der Waals surface area contributed by atoms with Crippen LogP contribution in [0.2, 0.25) is 30.1 Å². The van der Waals surface area contributed by atoms with Crippen LogP contribution < -0.4 is 20.1 Å². The molecule has 112 heavy (non-hydrogen) atoms. The number of hydrogen-bond acceptors (Lipinski definition) is 19. The highest BCUT2D eigenvalue weighted by molar-refractivity contribution is 7.91. The van der Waals surface area contributed by atoms with Crippen molar-refractivity contribution >= 4 is 123 Å². The maximum Gasteiger partial charge on any atom is 0.240 e. The average Bonchev–Trinajstić information content (AvgIpc) is 0.781. The van der Waals surface area contributed by atoms with E-state index < -0.39 is 35.3 Å². The summed E-state index contributed by atoms with van der Waals surface area (Å²) in [4.78, 5) is 60.7. The molecule has 0 radical (unpaired) electrons. The van der Waals surface area contributed by atoms with Gasteiger partial charge in [-0.2, -0.15) is 0 Å². The fraction of sp³-hybridized carbons (Fsp3) is 0.500. The zero-order valence-electron chi connectivity index (χ0n) is 63.6. The number of amides is 2. The zero-order valence-corrected chi connectivity index (χ0v) is 70.6. The van der Waals surface area contributed by atoms with Gasteiger partial charge in [0.1, 0.15) is 11.6 Å². The Labute approximate surface area is 689 Å². The molecule has 3 aliphatic rings. The van der Waals surface area contributed by atoms with Crippen molar-refractivity contribution in [3.8, 4) is 0 Å². The molecule has 3 aliphatic heterocycles. The number of nitrogens with one attached hydrogen (secondary N) is 4. The molecule has 9 rings (SSSR count). The van der Waals surface area contributed by atoms with Gasteiger partial charge in [0.2, 0.25) is 31.9 Å². The van der Waals surface area contributed by atoms with Gasteiger partial charge in [-0.05, 0) is 183 Å². The lowest BCUT2D eigenvalue weighted by atomic mass is 9.71. The van der Waals surface area contributed by atoms with Crippen molar-refractivity contribution in [2.75, 3.05) is 152 Å². The number of likely N-dealkylation sites (N-methyl/N-ethyl adjacent to an activating group) is 3. The van der Waals surface area contributed by atoms with Crippen LogP contribution in [0.1, 0.15) is 133 Å². The fourth-order valence-electron chi connectivity index (χ4n) is 14.4. The van der Waals surface area contributed by atoms with Gasteiger partial charge in [-0.15, -0.1) is 0 Å². The van der Waals surface area contributed by atoms with Crippen LogP contribution in [0.15, 0.2) is 124 Å². The number of rotatable bonds is 47. The Hall–Kier alpha value is -5.25. The largest absolute Gasteiger partial charge is 0.379 e. The number of halogens is 6. The second kappa shape index (κ2) is 43.8. The summed E-state index contributed by atoms with van der Waals surface area (Å²) in [6.07, 6.45) is 0.881. The molecule has 1 unspecified atom stereocenters. The van der Waals surface area contributed by atoms with Gasteiger partial charge in [0.25, 0.3) is 0 Å². The van der Waals surface area contributed by atoms with Crippen LogP contribution in [0.4, 0.5) is 0 Å². The molecule has 3 heterocycles. The Morgan fingerprint density at radius 1 is 0.420 bits per heavy atom. The standard InChI is InChI=1S/C80H101Cl6N7O16S3/c1-55(94)80(20-17-62(95)13-8-27-104-33-36-108-31-25-89-111(100,101)64-15-6-11-57(41-64)70-50-92(3)53-73-67(70)44-60(82)47-76(73)85,21-18-78(96)87-23-29-106-35-34-105-28-9-39-110(98,99)63-14-5-10-56(40-63)69-49-91(2)52-72-66(69)43-59(81)46-75(72)84)22-19-79(97)88-24-30-107-37-38-109-32-26-90-112(102,103)65-16-7-12-58(42-65)71-51-93(4)54-74-68(71)45-61(83)48-77(74)86/h5-7,10-12,14-16,40-48,69-71,89-90H,8-9,13,17-39,49-54H2,1-4H3,(H,87,96)(H,88,97)/t69-,70-,71-,80?/m0/s1. The second-order valence-corrected chi connectivity index (χ2v) is 36.8. The number of hydrogen-bond donors (Lipinski definition) is 4. The van der Waals surface area contributed by atoms with E-state index in [0.717, 1.165) is 50.1 Å². The molecule has 4 atom stereocenters. The van der Waals surface area contributed by atoms with Crippen LogP contribution in [0.3, 0.4) is 0 Å². The molecular formula is C80H101Cl6N7O16S3. The van der Waals surface area contributed by atoms with Crippen molar-refractivity contribution in [2.24, 2.45) is 5.41 Å². The maximum absolute atomic E-state index is 13.7. The van der Waals surface area contributed by atoms with Crippen LogP contribution in [-0.2, 0) is 97.1 Å². The monoisotopic (exact) mass is 1720 g/mol. The minimum Gasteiger partial charge on any atom is -0.379 e. The van der Waals surface area contributed by atoms with E-state index in [1.54, 1.807) is 66.7 Å². The molecule has 0 saturated heterocycles. The summed E-state index contributed by atoms with van der Waals surface area (Å²) in [7, 11) is -5.45. The number of ketones is 2. The van der Waals surface area contributed by atoms with Gasteiger partial charge in [0.15, 0.2) is 9.84 Å². The fourth-order valence-corrected chi connectivity index (χ4v) is 19.6. The molecule has 6 aromatic carbocycles. The minimum absolute atomic E-state index is 0.00911. The smallest absolute Gasteiger partial charge is 0.240 e. The van der Waals surface area contributed by atoms with Crippen molar-refractivity contribution < 1.29 is 72.9 Å². The number of carbonyl (C=O) groups is 4. The number of carbonyl (C=O) groups excluding carboxylic acids is 4. The van der Waals surface area contributed by atoms with E-state index in [0.29, 0.717) is 75.8 Å². The van der Waals surface area contributed by atoms with E-state index in [-0.39, 0.29) is 218 Å². The summed E-state index contributed by atoms with van der Waals surface area (Å²) in [5.41, 5.74) is 7.09. The topological polar surface area (TPSA) is 284 Å². The number of Topliss-reactive ketones (excluding diaryl/α,β-unsaturated/α-hetero) is 2. The third kappa shape index (κ3) is 26.9. The zero-order chi connectivity index (χ0) is 80.6. The third-order valence-electron chi connectivity index (χ3n) is 20.3. The molecule has 4 N–H and O–H groups in total. The molecule has 0 aromatic heterocycles. The van der Waals surface area contributed by atoms with Crippen LogP contribution in [0, 0.1) is 5.41 Å². The summed E-state index contributed by atoms with van der Waals surface area (Å²) in [5.74, 6) is -1.63. The van der Waals surface area contributed by atoms with E-state index in [4.69, 9.17) is 98.0 Å². The number of ether oxygens (including phenoxy) is 6. The number of sulfonamides is 2. The van der Waals surface area contributed by atoms with Crippen molar-refractivity contribution in [3.63, 3.8) is 0 Å². The molecular weight excluding hydrogens is 1620 g/mol. The SMILES string of the molecule is CC(=O)C(CCC(=O)CCCOCCOCCNS(=O)(=O)c1cccc([C@@H]2CN(C)Cc3c(Cl)cc(Cl)cc32)c1)(CCC(=O)NCCOCCOCCCS(=O)(=O)c1cccc([C@@H]2CN(C)Cc3c(Cl)cc(Cl)cc32)c1)CCC(=O)NCCOCCOCCNS(=O)(=O)c1cccc([C@@H]2CN(C)Cc3c(Cl)cc(Cl)cc32)c1. The van der Waals surface area contributed by atoms with E-state index in [1.807, 2.05) is 57.5 Å². The van der Waals surface area contributed by atoms with Gasteiger partial charge >= 0.3 is 0 Å². The summed E-state index contributed by atoms with van der Waals surface area (Å²) in [6.45, 7) is 7.57. The number of sulfone groups is 1. The maximum atomic E-state index is 13.7. The predicted molar refractivity (Wildman–Crippen MR) is 436 cm³/mol. The third-order valence-corrected chi connectivity index (χ3v) is 26.7. The van der Waals surface area contributed by atoms with E-state index >= 15 is 0 Å². The van der Waals surface area contributed by atoms with Crippen molar-refractivity contribution in [2.45, 2.75) is 117 Å². The Balaban J connectivity index is 0.669. The Bertz CT molecular complexity index is 4130. The highest BCUT2D eigenvalue weighted by Crippen LogP contribution is 2.43. The van der Waals surface area contributed by atoms with E-state index in [1.165, 1.54) is 13.0 Å². The van der Waals surface area contributed by atoms with Crippen LogP contribution in [-0.4, -0.2) is 215 Å². The number of nitrogens with zero attached hydrogens (tertiary/aromatic N) is 3. The molecule has 2 amide bonds. The van der Waals surface area contributed by atoms with E-state index in [9.17, 15) is 44.4 Å². The average molecular weight is 1730 g/mol. The lowest BCUT2D eigenvalue weighted by molar-refractivity contribution is -0.130. The Morgan fingerprint density at radius 3 is 1.14 bits per heavy atom. The summed E-state index contributed by atoms with van der Waals surface area (Å²) >= 11 is 38.9. The van der Waals surface area contributed by atoms with Gasteiger partial charge < -0.3 is 53.8 Å². The Kier molecular flexibility index (Phi) is 35.5. The quantitative estimate of drug-likeness (QED) is 0.0258. The molecule has 0 spiro atoms. The van der Waals surface area contributed by atoms with Crippen molar-refractivity contribution in [1.82, 2.24) is 34.8 Å². The molecule has 23 nitrogen and oxygen atoms in total. The number of benzene rings is 6. The van der Waals surface area contributed by atoms with Crippen LogP contribution in [0.5, 0.6) is 0 Å². The van der Waals surface area contributed by atoms with Crippen LogP contribution >= 0.6 is 69.6 Å². The lowest BCUT2D eigenvalue weighted by Gasteiger charge is -2.33. The van der Waals surface area contributed by atoms with Gasteiger partial charge in [0.05, 0.1) is 86.5 Å². The molecule has 32 heteroatoms. The lowest BCUT2D eigenvalue weighted by Crippen LogP contribution is -2.36. The first kappa shape index (κ1) is 90.7. The van der Waals surface area contributed by atoms with Gasteiger partial charge in [0, 0.05) is 158 Å². The van der Waals surface area contributed by atoms with Gasteiger partial charge in [-0.3, -0.25) is 19.2 Å². The molecule has 612 valence electrons. The van der Waals surface area contributed by atoms with Crippen LogP contribution in [0.25, 0.3) is 0 Å². The van der Waals surface area contributed by atoms with Gasteiger partial charge in [-0.25, -0.2) is 34.7 Å². The Morgan fingerprint density at radius 2 is 0.759 bits per heavy atom. The highest BCUT2D eigenvalue weighted by Gasteiger charge is 2.37. The molecule has 0 saturated carbocycles. The first-order chi connectivity index (χ1) is 53.5. The highest BCUT2D eigenvalue weighted by atomic mass is 35.5. The molecule has 0 fully saturated rings. The van der Waals surface area contributed by atoms with Gasteiger partial charge in [-0.1, -0.05) is 106 Å². The minimum atomic E-state index is -3.89. The first-order valence-electron chi connectivity index (χ1n) is 37.5.